The summed E-state index contributed by atoms with van der Waals surface area (Å²) in [6, 6.07) is 4.17. The summed E-state index contributed by atoms with van der Waals surface area (Å²) in [5.74, 6) is -5.72. The maximum absolute atomic E-state index is 15.2. The Balaban J connectivity index is 0.000000222. The largest absolute Gasteiger partial charge is 0.436 e. The molecule has 0 bridgehead atoms. The summed E-state index contributed by atoms with van der Waals surface area (Å²) in [6.45, 7) is 3.13. The molecule has 2 saturated carbocycles. The summed E-state index contributed by atoms with van der Waals surface area (Å²) in [5.41, 5.74) is -0.424. The lowest BCUT2D eigenvalue weighted by atomic mass is 9.75. The normalized spacial score (nSPS) is 18.3. The molecule has 3 fully saturated rings. The van der Waals surface area contributed by atoms with Crippen LogP contribution in [0.15, 0.2) is 54.8 Å². The number of benzene rings is 2. The maximum atomic E-state index is 15.2. The van der Waals surface area contributed by atoms with Crippen molar-refractivity contribution in [1.82, 2.24) is 25.6 Å². The van der Waals surface area contributed by atoms with Crippen LogP contribution in [0.25, 0.3) is 4.85 Å². The molecular formula is C40H35F5N12O3S. The van der Waals surface area contributed by atoms with E-state index in [0.29, 0.717) is 43.4 Å². The number of hydrogen-bond donors (Lipinski definition) is 4. The predicted octanol–water partition coefficient (Wildman–Crippen LogP) is 6.49. The number of anilines is 4. The van der Waals surface area contributed by atoms with Crippen LogP contribution in [-0.4, -0.2) is 62.8 Å². The molecule has 2 aliphatic carbocycles. The summed E-state index contributed by atoms with van der Waals surface area (Å²) in [4.78, 5) is 53.6. The third kappa shape index (κ3) is 8.99. The Kier molecular flexibility index (Phi) is 9.54. The van der Waals surface area contributed by atoms with Crippen molar-refractivity contribution in [1.29, 1.82) is 10.5 Å². The number of aromatic nitrogens is 3. The molecule has 2 aromatic heterocycles. The van der Waals surface area contributed by atoms with Gasteiger partial charge in [0.2, 0.25) is 0 Å². The number of pyridine rings is 1. The molecule has 314 valence electrons. The van der Waals surface area contributed by atoms with Gasteiger partial charge in [-0.2, -0.15) is 23.7 Å². The zero-order valence-corrected chi connectivity index (χ0v) is 32.1. The minimum absolute atomic E-state index is 0.0902. The van der Waals surface area contributed by atoms with Gasteiger partial charge in [-0.25, -0.2) is 18.7 Å². The lowest BCUT2D eigenvalue weighted by Crippen LogP contribution is -2.55. The van der Waals surface area contributed by atoms with Crippen LogP contribution >= 0.6 is 12.2 Å². The number of nitrogens with two attached hydrogens (primary N) is 1. The monoisotopic (exact) mass is 868 g/mol. The number of carbonyl (C=O) groups is 3. The second-order valence-electron chi connectivity index (χ2n) is 13.3. The zero-order valence-electron chi connectivity index (χ0n) is 41.3. The predicted molar refractivity (Wildman–Crippen MR) is 216 cm³/mol. The van der Waals surface area contributed by atoms with Gasteiger partial charge < -0.3 is 31.4 Å². The van der Waals surface area contributed by atoms with E-state index >= 15 is 4.39 Å². The average molecular weight is 869 g/mol. The molecular weight excluding hydrogens is 824 g/mol. The Labute approximate surface area is 365 Å². The highest BCUT2D eigenvalue weighted by molar-refractivity contribution is 7.81. The fraction of sp³-hybridized carbons (Fsp3) is 0.300. The summed E-state index contributed by atoms with van der Waals surface area (Å²) in [6.07, 6.45) is 0.718. The van der Waals surface area contributed by atoms with E-state index in [2.05, 4.69) is 31.2 Å². The SMILES string of the molecule is N#Cc1ncc(N)nc1C(F)(F)F.[2H]c1cc(C(=O)NC([2H])([2H])[2H])c(F)c([2H])c1N1C(=S)N(c2cnc([N+]#[C-])c(C)c2)C(=O)C12CCC2.[2H]c1cc(C(=O)NC([2H])([2H])[2H])c(F)c([2H])c1NC1(C#N)CCC1. The van der Waals surface area contributed by atoms with Gasteiger partial charge in [0.05, 0.1) is 34.6 Å². The summed E-state index contributed by atoms with van der Waals surface area (Å²) < 4.78 is 140. The van der Waals surface area contributed by atoms with E-state index in [0.717, 1.165) is 24.8 Å². The zero-order chi connectivity index (χ0) is 53.3. The summed E-state index contributed by atoms with van der Waals surface area (Å²) in [5, 5.41) is 23.3. The molecule has 3 heterocycles. The number of hydrogen-bond acceptors (Lipinski definition) is 11. The van der Waals surface area contributed by atoms with Crippen LogP contribution in [0.3, 0.4) is 0 Å². The van der Waals surface area contributed by atoms with Gasteiger partial charge in [0.1, 0.15) is 40.8 Å². The highest BCUT2D eigenvalue weighted by Crippen LogP contribution is 2.48. The number of nitrogens with zero attached hydrogens (tertiary/aromatic N) is 8. The molecule has 15 nitrogen and oxygen atoms in total. The number of rotatable bonds is 6. The molecule has 61 heavy (non-hydrogen) atoms. The average Bonchev–Trinajstić information content (AvgIpc) is 3.47. The van der Waals surface area contributed by atoms with E-state index in [1.54, 1.807) is 23.6 Å². The smallest absolute Gasteiger partial charge is 0.382 e. The first kappa shape index (κ1) is 32.5. The summed E-state index contributed by atoms with van der Waals surface area (Å²) >= 11 is 5.58. The molecule has 21 heteroatoms. The third-order valence-electron chi connectivity index (χ3n) is 9.53. The number of nitrogens with one attached hydrogen (secondary N) is 3. The van der Waals surface area contributed by atoms with Gasteiger partial charge in [-0.1, -0.05) is 6.57 Å². The number of halogens is 5. The lowest BCUT2D eigenvalue weighted by molar-refractivity contribution is -0.141. The van der Waals surface area contributed by atoms with E-state index < -0.39 is 101 Å². The maximum Gasteiger partial charge on any atom is 0.436 e. The van der Waals surface area contributed by atoms with Gasteiger partial charge >= 0.3 is 6.18 Å². The lowest BCUT2D eigenvalue weighted by Gasteiger charge is -2.43. The Morgan fingerprint density at radius 3 is 2.15 bits per heavy atom. The second-order valence-corrected chi connectivity index (χ2v) is 13.6. The first-order chi connectivity index (χ1) is 32.9. The molecule has 0 unspecified atom stereocenters. The van der Waals surface area contributed by atoms with E-state index in [9.17, 15) is 31.9 Å². The van der Waals surface area contributed by atoms with Gasteiger partial charge in [-0.15, -0.1) is 4.98 Å². The number of aryl methyl sites for hydroxylation is 1. The van der Waals surface area contributed by atoms with Crippen molar-refractivity contribution in [3.8, 4) is 12.1 Å². The Bertz CT molecular complexity index is 2990. The molecule has 3 aliphatic rings. The number of nitrogen functional groups attached to an aromatic ring is 1. The molecule has 7 rings (SSSR count). The van der Waals surface area contributed by atoms with Gasteiger partial charge in [0, 0.05) is 33.6 Å². The highest BCUT2D eigenvalue weighted by atomic mass is 32.1. The summed E-state index contributed by atoms with van der Waals surface area (Å²) in [7, 11) is 0. The molecule has 2 aromatic carbocycles. The number of amides is 3. The van der Waals surface area contributed by atoms with Crippen LogP contribution in [-0.2, 0) is 11.0 Å². The number of alkyl halides is 3. The van der Waals surface area contributed by atoms with Crippen LogP contribution in [0.5, 0.6) is 0 Å². The molecule has 5 N–H and O–H groups in total. The van der Waals surface area contributed by atoms with Crippen molar-refractivity contribution in [2.24, 2.45) is 0 Å². The second kappa shape index (κ2) is 17.9. The van der Waals surface area contributed by atoms with Crippen LogP contribution < -0.4 is 31.5 Å². The minimum atomic E-state index is -4.70. The van der Waals surface area contributed by atoms with E-state index in [1.807, 2.05) is 0 Å². The van der Waals surface area contributed by atoms with Gasteiger partial charge in [0.15, 0.2) is 16.5 Å². The Morgan fingerprint density at radius 2 is 1.64 bits per heavy atom. The van der Waals surface area contributed by atoms with Crippen molar-refractivity contribution in [2.45, 2.75) is 62.7 Å². The van der Waals surface area contributed by atoms with Crippen LogP contribution in [0.2, 0.25) is 0 Å². The van der Waals surface area contributed by atoms with Crippen molar-refractivity contribution in [3.63, 3.8) is 0 Å². The Morgan fingerprint density at radius 1 is 1.02 bits per heavy atom. The van der Waals surface area contributed by atoms with Gasteiger partial charge in [-0.3, -0.25) is 19.3 Å². The van der Waals surface area contributed by atoms with Crippen molar-refractivity contribution in [3.05, 3.63) is 106 Å². The number of nitriles is 2. The minimum Gasteiger partial charge on any atom is -0.382 e. The molecule has 4 aromatic rings. The fourth-order valence-electron chi connectivity index (χ4n) is 6.15. The fourth-order valence-corrected chi connectivity index (χ4v) is 6.61. The molecule has 3 amide bonds. The Hall–Kier alpha value is -7.31. The number of carbonyl (C=O) groups excluding carboxylic acids is 3. The van der Waals surface area contributed by atoms with Crippen molar-refractivity contribution < 1.29 is 50.0 Å². The van der Waals surface area contributed by atoms with E-state index in [1.165, 1.54) is 22.1 Å². The molecule has 1 spiro atoms. The van der Waals surface area contributed by atoms with Crippen LogP contribution in [0.1, 0.15) is 89.9 Å². The molecule has 1 aliphatic heterocycles. The molecule has 0 radical (unpaired) electrons. The van der Waals surface area contributed by atoms with Crippen LogP contribution in [0, 0.1) is 47.8 Å². The quantitative estimate of drug-likeness (QED) is 0.0931. The van der Waals surface area contributed by atoms with Crippen molar-refractivity contribution >= 4 is 63.7 Å². The van der Waals surface area contributed by atoms with E-state index in [-0.39, 0.29) is 34.2 Å². The van der Waals surface area contributed by atoms with Gasteiger partial charge in [-0.05, 0) is 106 Å². The standard InChI is InChI=1S/C21H18FN5O2S.C13H14FN3O.C6H3F3N4/c1-12-9-14(11-25-17(12)23-2)26-19(29)21(7-4-8-21)27(20(26)30)13-5-6-15(16(22)10-13)18(28)24-3;1-16-12(18)10-4-3-9(7-11(10)14)17-13(8-15)5-2-6-13;7-6(8,9)5-3(1-10)12-2-4(11)13-5/h5-6,9-11H,4,7-8H2,1,3H3,(H,24,28);3-4,7,17H,2,5-6H2,1H3,(H,16,18);2H,(H2,11,13)/i3D3,5D,10D;1D3,3D,7D;. The van der Waals surface area contributed by atoms with Crippen molar-refractivity contribution in [2.75, 3.05) is 34.8 Å². The highest BCUT2D eigenvalue weighted by Gasteiger charge is 2.60. The van der Waals surface area contributed by atoms with Crippen LogP contribution in [0.4, 0.5) is 50.6 Å². The molecule has 1 saturated heterocycles. The topological polar surface area (TPSA) is 210 Å². The van der Waals surface area contributed by atoms with Gasteiger partial charge in [0.25, 0.3) is 23.5 Å². The number of thiocarbonyl (C=S) groups is 1. The first-order valence-corrected chi connectivity index (χ1v) is 17.8. The third-order valence-corrected chi connectivity index (χ3v) is 9.90. The van der Waals surface area contributed by atoms with E-state index in [4.69, 9.17) is 48.8 Å². The first-order valence-electron chi connectivity index (χ1n) is 22.4. The molecule has 0 atom stereocenters.